The predicted molar refractivity (Wildman–Crippen MR) is 84.1 cm³/mol. The van der Waals surface area contributed by atoms with E-state index in [4.69, 9.17) is 22.7 Å². The summed E-state index contributed by atoms with van der Waals surface area (Å²) in [5.41, 5.74) is 5.89. The Morgan fingerprint density at radius 3 is 3.00 bits per heavy atom. The van der Waals surface area contributed by atoms with Crippen molar-refractivity contribution in [1.29, 1.82) is 0 Å². The maximum Gasteiger partial charge on any atom is 0.103 e. The molecule has 0 bridgehead atoms. The van der Waals surface area contributed by atoms with E-state index < -0.39 is 0 Å². The molecule has 0 aromatic rings. The number of hydrogen-bond donors (Lipinski definition) is 2. The molecule has 0 amide bonds. The third-order valence-electron chi connectivity index (χ3n) is 3.22. The van der Waals surface area contributed by atoms with Gasteiger partial charge >= 0.3 is 0 Å². The van der Waals surface area contributed by atoms with Crippen LogP contribution in [0.2, 0.25) is 0 Å². The molecule has 1 fully saturated rings. The molecule has 0 saturated carbocycles. The van der Waals surface area contributed by atoms with Gasteiger partial charge in [-0.2, -0.15) is 0 Å². The molecule has 1 aliphatic rings. The summed E-state index contributed by atoms with van der Waals surface area (Å²) in [7, 11) is 0. The van der Waals surface area contributed by atoms with Gasteiger partial charge in [0.25, 0.3) is 0 Å². The second kappa shape index (κ2) is 10.0. The molecule has 3 N–H and O–H groups in total. The Balaban J connectivity index is 2.15. The molecule has 2 atom stereocenters. The molecule has 1 aliphatic heterocycles. The fourth-order valence-corrected chi connectivity index (χ4v) is 3.64. The van der Waals surface area contributed by atoms with E-state index in [0.717, 1.165) is 36.7 Å². The van der Waals surface area contributed by atoms with Crippen molar-refractivity contribution >= 4 is 29.0 Å². The zero-order valence-electron chi connectivity index (χ0n) is 11.3. The highest BCUT2D eigenvalue weighted by molar-refractivity contribution is 7.99. The first-order valence-corrected chi connectivity index (χ1v) is 8.44. The number of rotatable bonds is 8. The zero-order chi connectivity index (χ0) is 13.2. The molecule has 1 saturated heterocycles. The Bertz CT molecular complexity index is 233. The fourth-order valence-electron chi connectivity index (χ4n) is 2.04. The number of ether oxygens (including phenoxy) is 1. The molecule has 1 rings (SSSR count). The number of nitrogens with one attached hydrogen (secondary N) is 1. The lowest BCUT2D eigenvalue weighted by atomic mass is 10.0. The molecule has 0 aromatic carbocycles. The molecule has 5 heteroatoms. The van der Waals surface area contributed by atoms with Crippen LogP contribution >= 0.6 is 24.0 Å². The highest BCUT2D eigenvalue weighted by atomic mass is 32.2. The molecular formula is C13H26N2OS2. The maximum absolute atomic E-state index is 5.72. The summed E-state index contributed by atoms with van der Waals surface area (Å²) in [4.78, 5) is 0.980. The highest BCUT2D eigenvalue weighted by Crippen LogP contribution is 2.25. The first-order chi connectivity index (χ1) is 8.77. The largest absolute Gasteiger partial charge is 0.378 e. The number of nitrogens with two attached hydrogens (primary N) is 1. The van der Waals surface area contributed by atoms with Crippen LogP contribution in [-0.2, 0) is 4.74 Å². The SMILES string of the molecule is CCC(CCSC1CCCCO1)C(=S)NCCN. The normalized spacial score (nSPS) is 21.6. The van der Waals surface area contributed by atoms with Crippen LogP contribution in [0.25, 0.3) is 0 Å². The van der Waals surface area contributed by atoms with Crippen molar-refractivity contribution in [2.45, 2.75) is 44.5 Å². The van der Waals surface area contributed by atoms with Gasteiger partial charge in [-0.05, 0) is 37.9 Å². The van der Waals surface area contributed by atoms with Crippen molar-refractivity contribution in [2.75, 3.05) is 25.4 Å². The van der Waals surface area contributed by atoms with Gasteiger partial charge in [-0.25, -0.2) is 0 Å². The number of thiocarbonyl (C=S) groups is 1. The smallest absolute Gasteiger partial charge is 0.103 e. The first kappa shape index (κ1) is 16.2. The van der Waals surface area contributed by atoms with Gasteiger partial charge in [0.1, 0.15) is 5.44 Å². The number of thioether (sulfide) groups is 1. The van der Waals surface area contributed by atoms with Crippen LogP contribution < -0.4 is 11.1 Å². The Morgan fingerprint density at radius 1 is 1.56 bits per heavy atom. The van der Waals surface area contributed by atoms with Crippen LogP contribution in [-0.4, -0.2) is 35.9 Å². The molecule has 18 heavy (non-hydrogen) atoms. The maximum atomic E-state index is 5.72. The minimum atomic E-state index is 0.418. The Kier molecular flexibility index (Phi) is 9.02. The van der Waals surface area contributed by atoms with Crippen molar-refractivity contribution in [3.05, 3.63) is 0 Å². The third-order valence-corrected chi connectivity index (χ3v) is 4.91. The van der Waals surface area contributed by atoms with E-state index in [1.165, 1.54) is 19.3 Å². The second-order valence-electron chi connectivity index (χ2n) is 4.64. The quantitative estimate of drug-likeness (QED) is 0.673. The van der Waals surface area contributed by atoms with Crippen LogP contribution in [0.3, 0.4) is 0 Å². The zero-order valence-corrected chi connectivity index (χ0v) is 13.0. The van der Waals surface area contributed by atoms with Crippen LogP contribution in [0, 0.1) is 5.92 Å². The lowest BCUT2D eigenvalue weighted by Gasteiger charge is -2.23. The summed E-state index contributed by atoms with van der Waals surface area (Å²) < 4.78 is 5.72. The van der Waals surface area contributed by atoms with Crippen molar-refractivity contribution in [1.82, 2.24) is 5.32 Å². The molecule has 0 aromatic heterocycles. The lowest BCUT2D eigenvalue weighted by molar-refractivity contribution is 0.0728. The molecule has 0 radical (unpaired) electrons. The predicted octanol–water partition coefficient (Wildman–Crippen LogP) is 2.54. The average Bonchev–Trinajstić information content (AvgIpc) is 2.42. The van der Waals surface area contributed by atoms with Gasteiger partial charge in [0.05, 0.1) is 4.99 Å². The molecule has 0 aliphatic carbocycles. The monoisotopic (exact) mass is 290 g/mol. The molecule has 3 nitrogen and oxygen atoms in total. The lowest BCUT2D eigenvalue weighted by Crippen LogP contribution is -2.33. The van der Waals surface area contributed by atoms with Gasteiger partial charge in [-0.3, -0.25) is 0 Å². The highest BCUT2D eigenvalue weighted by Gasteiger charge is 2.16. The van der Waals surface area contributed by atoms with Crippen molar-refractivity contribution in [3.63, 3.8) is 0 Å². The molecular weight excluding hydrogens is 264 g/mol. The van der Waals surface area contributed by atoms with E-state index in [2.05, 4.69) is 12.2 Å². The van der Waals surface area contributed by atoms with Crippen LogP contribution in [0.4, 0.5) is 0 Å². The van der Waals surface area contributed by atoms with Gasteiger partial charge in [-0.15, -0.1) is 11.8 Å². The molecule has 1 heterocycles. The van der Waals surface area contributed by atoms with E-state index in [1.807, 2.05) is 11.8 Å². The Labute approximate surface area is 121 Å². The topological polar surface area (TPSA) is 47.3 Å². The van der Waals surface area contributed by atoms with Crippen LogP contribution in [0.1, 0.15) is 39.0 Å². The molecule has 106 valence electrons. The van der Waals surface area contributed by atoms with Crippen LogP contribution in [0.15, 0.2) is 0 Å². The summed E-state index contributed by atoms with van der Waals surface area (Å²) in [6.45, 7) is 4.56. The Hall–Kier alpha value is 0.160. The second-order valence-corrected chi connectivity index (χ2v) is 6.35. The van der Waals surface area contributed by atoms with E-state index in [-0.39, 0.29) is 0 Å². The standard InChI is InChI=1S/C13H26N2OS2/c1-2-11(13(17)15-8-7-14)6-10-18-12-5-3-4-9-16-12/h11-12H,2-10,14H2,1H3,(H,15,17). The summed E-state index contributed by atoms with van der Waals surface area (Å²) in [6, 6.07) is 0. The summed E-state index contributed by atoms with van der Waals surface area (Å²) in [5.74, 6) is 1.62. The van der Waals surface area contributed by atoms with Crippen molar-refractivity contribution in [2.24, 2.45) is 11.7 Å². The molecule has 2 unspecified atom stereocenters. The van der Waals surface area contributed by atoms with Gasteiger partial charge in [0.2, 0.25) is 0 Å². The number of hydrogen-bond acceptors (Lipinski definition) is 4. The third kappa shape index (κ3) is 6.36. The van der Waals surface area contributed by atoms with Gasteiger partial charge in [0, 0.05) is 25.6 Å². The van der Waals surface area contributed by atoms with Crippen LogP contribution in [0.5, 0.6) is 0 Å². The van der Waals surface area contributed by atoms with E-state index in [1.54, 1.807) is 0 Å². The molecule has 0 spiro atoms. The van der Waals surface area contributed by atoms with Crippen molar-refractivity contribution < 1.29 is 4.74 Å². The van der Waals surface area contributed by atoms with E-state index >= 15 is 0 Å². The summed E-state index contributed by atoms with van der Waals surface area (Å²) in [6.07, 6.45) is 5.98. The van der Waals surface area contributed by atoms with Gasteiger partial charge in [0.15, 0.2) is 0 Å². The van der Waals surface area contributed by atoms with E-state index in [0.29, 0.717) is 17.9 Å². The van der Waals surface area contributed by atoms with E-state index in [9.17, 15) is 0 Å². The fraction of sp³-hybridized carbons (Fsp3) is 0.923. The first-order valence-electron chi connectivity index (χ1n) is 6.99. The average molecular weight is 290 g/mol. The minimum absolute atomic E-state index is 0.418. The van der Waals surface area contributed by atoms with Gasteiger partial charge in [-0.1, -0.05) is 19.1 Å². The minimum Gasteiger partial charge on any atom is -0.378 e. The van der Waals surface area contributed by atoms with Gasteiger partial charge < -0.3 is 15.8 Å². The summed E-state index contributed by atoms with van der Waals surface area (Å²) >= 11 is 7.35. The van der Waals surface area contributed by atoms with Crippen molar-refractivity contribution in [3.8, 4) is 0 Å². The Morgan fingerprint density at radius 2 is 2.39 bits per heavy atom. The summed E-state index contributed by atoms with van der Waals surface area (Å²) in [5, 5.41) is 3.24.